The molecule has 0 aliphatic heterocycles. The first-order valence-corrected chi connectivity index (χ1v) is 13.5. The van der Waals surface area contributed by atoms with Gasteiger partial charge < -0.3 is 20.3 Å². The van der Waals surface area contributed by atoms with Crippen molar-refractivity contribution in [3.05, 3.63) is 100 Å². The molecule has 3 amide bonds. The molecule has 0 saturated carbocycles. The number of anilines is 1. The lowest BCUT2D eigenvalue weighted by Crippen LogP contribution is -2.52. The van der Waals surface area contributed by atoms with Gasteiger partial charge in [-0.2, -0.15) is 0 Å². The summed E-state index contributed by atoms with van der Waals surface area (Å²) in [6, 6.07) is 19.2. The smallest absolute Gasteiger partial charge is 0.408 e. The van der Waals surface area contributed by atoms with Crippen molar-refractivity contribution in [2.24, 2.45) is 0 Å². The molecule has 7 heteroatoms. The number of aryl methyl sites for hydroxylation is 4. The number of carbonyl (C=O) groups is 3. The predicted molar refractivity (Wildman–Crippen MR) is 159 cm³/mol. The number of carbonyl (C=O) groups excluding carboxylic acids is 3. The van der Waals surface area contributed by atoms with Crippen LogP contribution in [0.2, 0.25) is 0 Å². The lowest BCUT2D eigenvalue weighted by Gasteiger charge is -2.32. The van der Waals surface area contributed by atoms with Crippen molar-refractivity contribution in [3.63, 3.8) is 0 Å². The van der Waals surface area contributed by atoms with Gasteiger partial charge in [0.25, 0.3) is 5.91 Å². The maximum Gasteiger partial charge on any atom is 0.408 e. The van der Waals surface area contributed by atoms with E-state index in [1.165, 1.54) is 4.90 Å². The quantitative estimate of drug-likeness (QED) is 0.354. The highest BCUT2D eigenvalue weighted by atomic mass is 16.6. The van der Waals surface area contributed by atoms with E-state index < -0.39 is 29.7 Å². The Bertz CT molecular complexity index is 1320. The van der Waals surface area contributed by atoms with Gasteiger partial charge in [-0.3, -0.25) is 9.59 Å². The molecule has 0 heterocycles. The number of nitrogens with one attached hydrogen (secondary N) is 2. The molecule has 2 N–H and O–H groups in total. The Morgan fingerprint density at radius 2 is 1.43 bits per heavy atom. The zero-order valence-corrected chi connectivity index (χ0v) is 24.8. The second kappa shape index (κ2) is 12.8. The third-order valence-corrected chi connectivity index (χ3v) is 6.54. The molecule has 2 unspecified atom stereocenters. The van der Waals surface area contributed by atoms with Crippen LogP contribution in [0, 0.1) is 27.7 Å². The Labute approximate surface area is 237 Å². The molecule has 0 radical (unpaired) electrons. The van der Waals surface area contributed by atoms with Crippen LogP contribution in [0.1, 0.15) is 60.2 Å². The van der Waals surface area contributed by atoms with Gasteiger partial charge in [-0.1, -0.05) is 77.9 Å². The van der Waals surface area contributed by atoms with Crippen molar-refractivity contribution in [1.82, 2.24) is 10.2 Å². The van der Waals surface area contributed by atoms with E-state index in [0.717, 1.165) is 33.5 Å². The fourth-order valence-electron chi connectivity index (χ4n) is 4.79. The fraction of sp³-hybridized carbons (Fsp3) is 0.364. The average molecular weight is 544 g/mol. The number of amides is 3. The topological polar surface area (TPSA) is 87.7 Å². The standard InChI is InChI=1S/C33H41N3O4/c1-21-17-22(2)19-26(18-21)29(30(37)35-28-23(3)13-12-14-24(28)4)36(8)31(38)27(20-25-15-10-9-11-16-25)34-32(39)40-33(5,6)7/h9-19,27,29H,20H2,1-8H3,(H,34,39)(H,35,37). The van der Waals surface area contributed by atoms with Crippen LogP contribution < -0.4 is 10.6 Å². The van der Waals surface area contributed by atoms with Gasteiger partial charge >= 0.3 is 6.09 Å². The maximum atomic E-state index is 14.1. The number of rotatable bonds is 8. The lowest BCUT2D eigenvalue weighted by molar-refractivity contribution is -0.139. The second-order valence-corrected chi connectivity index (χ2v) is 11.4. The van der Waals surface area contributed by atoms with E-state index in [-0.39, 0.29) is 12.3 Å². The molecule has 212 valence electrons. The van der Waals surface area contributed by atoms with E-state index in [0.29, 0.717) is 5.56 Å². The van der Waals surface area contributed by atoms with Crippen LogP contribution in [0.5, 0.6) is 0 Å². The van der Waals surface area contributed by atoms with Crippen molar-refractivity contribution >= 4 is 23.6 Å². The van der Waals surface area contributed by atoms with Gasteiger partial charge in [0.05, 0.1) is 0 Å². The molecule has 0 bridgehead atoms. The van der Waals surface area contributed by atoms with E-state index in [1.54, 1.807) is 27.8 Å². The molecule has 0 fully saturated rings. The van der Waals surface area contributed by atoms with Gasteiger partial charge in [0.1, 0.15) is 17.7 Å². The van der Waals surface area contributed by atoms with E-state index in [2.05, 4.69) is 10.6 Å². The maximum absolute atomic E-state index is 14.1. The van der Waals surface area contributed by atoms with Crippen molar-refractivity contribution in [2.45, 2.75) is 72.6 Å². The zero-order valence-electron chi connectivity index (χ0n) is 24.8. The first-order chi connectivity index (χ1) is 18.7. The van der Waals surface area contributed by atoms with Gasteiger partial charge in [0.15, 0.2) is 0 Å². The van der Waals surface area contributed by atoms with E-state index in [9.17, 15) is 14.4 Å². The van der Waals surface area contributed by atoms with Crippen molar-refractivity contribution in [1.29, 1.82) is 0 Å². The first-order valence-electron chi connectivity index (χ1n) is 13.5. The van der Waals surface area contributed by atoms with Crippen LogP contribution in [0.4, 0.5) is 10.5 Å². The summed E-state index contributed by atoms with van der Waals surface area (Å²) in [6.45, 7) is 13.1. The van der Waals surface area contributed by atoms with Gasteiger partial charge in [-0.25, -0.2) is 4.79 Å². The van der Waals surface area contributed by atoms with E-state index in [1.807, 2.05) is 94.4 Å². The van der Waals surface area contributed by atoms with Crippen molar-refractivity contribution < 1.29 is 19.1 Å². The van der Waals surface area contributed by atoms with E-state index in [4.69, 9.17) is 4.74 Å². The summed E-state index contributed by atoms with van der Waals surface area (Å²) in [5, 5.41) is 5.82. The highest BCUT2D eigenvalue weighted by Gasteiger charge is 2.35. The molecule has 0 saturated heterocycles. The van der Waals surface area contributed by atoms with Gasteiger partial charge in [-0.15, -0.1) is 0 Å². The van der Waals surface area contributed by atoms with Crippen LogP contribution in [0.25, 0.3) is 0 Å². The summed E-state index contributed by atoms with van der Waals surface area (Å²) >= 11 is 0. The molecule has 0 aromatic heterocycles. The summed E-state index contributed by atoms with van der Waals surface area (Å²) in [6.07, 6.45) is -0.459. The van der Waals surface area contributed by atoms with E-state index >= 15 is 0 Å². The highest BCUT2D eigenvalue weighted by Crippen LogP contribution is 2.27. The van der Waals surface area contributed by atoms with Gasteiger partial charge in [0.2, 0.25) is 5.91 Å². The number of para-hydroxylation sites is 1. The summed E-state index contributed by atoms with van der Waals surface area (Å²) in [5.74, 6) is -0.746. The number of hydrogen-bond acceptors (Lipinski definition) is 4. The molecule has 7 nitrogen and oxygen atoms in total. The van der Waals surface area contributed by atoms with Crippen LogP contribution in [-0.2, 0) is 20.7 Å². The molecule has 2 atom stereocenters. The minimum atomic E-state index is -0.955. The SMILES string of the molecule is Cc1cc(C)cc(C(C(=O)Nc2c(C)cccc2C)N(C)C(=O)C(Cc2ccccc2)NC(=O)OC(C)(C)C)c1. The second-order valence-electron chi connectivity index (χ2n) is 11.4. The van der Waals surface area contributed by atoms with Crippen LogP contribution >= 0.6 is 0 Å². The lowest BCUT2D eigenvalue weighted by atomic mass is 9.97. The zero-order chi connectivity index (χ0) is 29.6. The van der Waals surface area contributed by atoms with Crippen LogP contribution in [0.3, 0.4) is 0 Å². The molecule has 0 spiro atoms. The Kier molecular flexibility index (Phi) is 9.74. The number of ether oxygens (including phenoxy) is 1. The number of likely N-dealkylation sites (N-methyl/N-ethyl adjacent to an activating group) is 1. The predicted octanol–water partition coefficient (Wildman–Crippen LogP) is 6.19. The summed E-state index contributed by atoms with van der Waals surface area (Å²) in [7, 11) is 1.60. The molecule has 0 aliphatic rings. The minimum absolute atomic E-state index is 0.237. The number of nitrogens with zero attached hydrogens (tertiary/aromatic N) is 1. The Balaban J connectivity index is 2.01. The van der Waals surface area contributed by atoms with Crippen LogP contribution in [0.15, 0.2) is 66.7 Å². The Morgan fingerprint density at radius 3 is 1.98 bits per heavy atom. The third kappa shape index (κ3) is 8.18. The highest BCUT2D eigenvalue weighted by molar-refractivity contribution is 5.99. The molecule has 0 aliphatic carbocycles. The third-order valence-electron chi connectivity index (χ3n) is 6.54. The van der Waals surface area contributed by atoms with Gasteiger partial charge in [0, 0.05) is 19.2 Å². The van der Waals surface area contributed by atoms with Crippen LogP contribution in [-0.4, -0.2) is 41.5 Å². The molecular formula is C33H41N3O4. The largest absolute Gasteiger partial charge is 0.444 e. The Morgan fingerprint density at radius 1 is 0.850 bits per heavy atom. The number of benzene rings is 3. The molecule has 3 aromatic rings. The molecule has 3 rings (SSSR count). The van der Waals surface area contributed by atoms with Gasteiger partial charge in [-0.05, 0) is 70.7 Å². The molecule has 40 heavy (non-hydrogen) atoms. The molecule has 3 aromatic carbocycles. The normalized spacial score (nSPS) is 12.7. The average Bonchev–Trinajstić information content (AvgIpc) is 2.84. The summed E-state index contributed by atoms with van der Waals surface area (Å²) in [5.41, 5.74) is 5.35. The van der Waals surface area contributed by atoms with Crippen molar-refractivity contribution in [2.75, 3.05) is 12.4 Å². The Hall–Kier alpha value is -4.13. The number of hydrogen-bond donors (Lipinski definition) is 2. The summed E-state index contributed by atoms with van der Waals surface area (Å²) in [4.78, 5) is 42.3. The number of alkyl carbamates (subject to hydrolysis) is 1. The summed E-state index contributed by atoms with van der Waals surface area (Å²) < 4.78 is 5.47. The minimum Gasteiger partial charge on any atom is -0.444 e. The fourth-order valence-corrected chi connectivity index (χ4v) is 4.79. The monoisotopic (exact) mass is 543 g/mol. The van der Waals surface area contributed by atoms with Crippen molar-refractivity contribution in [3.8, 4) is 0 Å². The molecular weight excluding hydrogens is 502 g/mol. The first kappa shape index (κ1) is 30.4.